The number of carbonyl (C=O) groups excluding carboxylic acids is 2. The largest absolute Gasteiger partial charge is 0.497 e. The fourth-order valence-corrected chi connectivity index (χ4v) is 7.67. The Balaban J connectivity index is 1.69. The Labute approximate surface area is 361 Å². The quantitative estimate of drug-likeness (QED) is 0.0393. The summed E-state index contributed by atoms with van der Waals surface area (Å²) in [4.78, 5) is 28.3. The first-order valence-electron chi connectivity index (χ1n) is 21.3. The lowest BCUT2D eigenvalue weighted by Crippen LogP contribution is -2.62. The fourth-order valence-electron chi connectivity index (χ4n) is 6.56. The molecule has 4 rings (SSSR count). The number of carbonyl (C=O) groups is 2. The first kappa shape index (κ1) is 49.1. The molecule has 1 fully saturated rings. The zero-order chi connectivity index (χ0) is 43.1. The molecule has 3 aromatic rings. The summed E-state index contributed by atoms with van der Waals surface area (Å²) in [5.74, 6) is -0.482. The highest BCUT2D eigenvalue weighted by Crippen LogP contribution is 2.38. The second-order valence-electron chi connectivity index (χ2n) is 14.6. The van der Waals surface area contributed by atoms with Gasteiger partial charge in [-0.3, -0.25) is 0 Å². The average molecular weight is 855 g/mol. The van der Waals surface area contributed by atoms with Gasteiger partial charge in [-0.25, -0.2) is 9.59 Å². The topological polar surface area (TPSA) is 126 Å². The van der Waals surface area contributed by atoms with Crippen molar-refractivity contribution >= 4 is 23.7 Å². The molecule has 1 heterocycles. The summed E-state index contributed by atoms with van der Waals surface area (Å²) in [6, 6.07) is 26.0. The molecule has 9 atom stereocenters. The molecule has 12 nitrogen and oxygen atoms in total. The summed E-state index contributed by atoms with van der Waals surface area (Å²) in [6.07, 6.45) is -1.69. The monoisotopic (exact) mass is 854 g/mol. The molecular weight excluding hydrogens is 789 g/mol. The summed E-state index contributed by atoms with van der Waals surface area (Å²) < 4.78 is 62.7. The van der Waals surface area contributed by atoms with Crippen LogP contribution in [0.25, 0.3) is 0 Å². The number of hydrogen-bond acceptors (Lipinski definition) is 13. The minimum absolute atomic E-state index is 0.188. The summed E-state index contributed by atoms with van der Waals surface area (Å²) in [7, 11) is 2.93. The van der Waals surface area contributed by atoms with Crippen molar-refractivity contribution in [2.45, 2.75) is 139 Å². The summed E-state index contributed by atoms with van der Waals surface area (Å²) in [5, 5.41) is 0. The maximum Gasteiger partial charge on any atom is 0.338 e. The first-order chi connectivity index (χ1) is 29.2. The van der Waals surface area contributed by atoms with Crippen molar-refractivity contribution in [3.05, 3.63) is 96.1 Å². The molecule has 0 bridgehead atoms. The maximum absolute atomic E-state index is 13.8. The standard InChI is InChI=1S/C47H66O12S/c1-8-11-28-52-32-39(40(33(4)53-29-12-9-2)55-31-35-24-26-37(50-6)27-25-35)56-34(5)57-42-41(54-30-13-10-3)44(58-45(48)36-20-16-14-17-21-36)47(59-43(42)46(49)51-7)60-38-22-18-15-19-23-38/h14-27,33-34,39-44,47H,8-13,28-32H2,1-7H3/t33?,34?,39?,40-,41?,42-,43+,44?,47+/m0/s1. The molecule has 0 saturated carbocycles. The van der Waals surface area contributed by atoms with Gasteiger partial charge >= 0.3 is 11.9 Å². The molecule has 1 aliphatic heterocycles. The van der Waals surface area contributed by atoms with Gasteiger partial charge in [-0.2, -0.15) is 0 Å². The van der Waals surface area contributed by atoms with Crippen molar-refractivity contribution in [1.82, 2.24) is 0 Å². The van der Waals surface area contributed by atoms with Crippen LogP contribution in [0.3, 0.4) is 0 Å². The van der Waals surface area contributed by atoms with Gasteiger partial charge in [0, 0.05) is 24.7 Å². The molecule has 5 unspecified atom stereocenters. The van der Waals surface area contributed by atoms with Crippen LogP contribution in [0.5, 0.6) is 5.75 Å². The van der Waals surface area contributed by atoms with E-state index in [-0.39, 0.29) is 19.3 Å². The third-order valence-electron chi connectivity index (χ3n) is 9.93. The van der Waals surface area contributed by atoms with Crippen LogP contribution in [0.1, 0.15) is 89.1 Å². The van der Waals surface area contributed by atoms with E-state index in [0.29, 0.717) is 25.4 Å². The van der Waals surface area contributed by atoms with E-state index < -0.39 is 60.3 Å². The molecule has 0 amide bonds. The average Bonchev–Trinajstić information content (AvgIpc) is 3.27. The van der Waals surface area contributed by atoms with Crippen molar-refractivity contribution in [1.29, 1.82) is 0 Å². The van der Waals surface area contributed by atoms with Crippen LogP contribution >= 0.6 is 11.8 Å². The Kier molecular flexibility index (Phi) is 22.5. The van der Waals surface area contributed by atoms with Crippen LogP contribution in [0.15, 0.2) is 89.8 Å². The first-order valence-corrected chi connectivity index (χ1v) is 22.2. The van der Waals surface area contributed by atoms with E-state index in [1.807, 2.05) is 67.6 Å². The molecule has 0 N–H and O–H groups in total. The number of methoxy groups -OCH3 is 2. The molecule has 0 spiro atoms. The zero-order valence-corrected chi connectivity index (χ0v) is 37.2. The second-order valence-corrected chi connectivity index (χ2v) is 15.8. The van der Waals surface area contributed by atoms with Gasteiger partial charge in [0.25, 0.3) is 0 Å². The molecule has 1 aliphatic rings. The van der Waals surface area contributed by atoms with Gasteiger partial charge in [-0.05, 0) is 75.1 Å². The van der Waals surface area contributed by atoms with Crippen LogP contribution in [-0.4, -0.2) is 107 Å². The summed E-state index contributed by atoms with van der Waals surface area (Å²) in [6.45, 7) is 11.9. The molecule has 0 radical (unpaired) electrons. The summed E-state index contributed by atoms with van der Waals surface area (Å²) in [5.41, 5.74) is 0.436. The lowest BCUT2D eigenvalue weighted by Gasteiger charge is -2.45. The number of ether oxygens (including phenoxy) is 10. The van der Waals surface area contributed by atoms with Crippen molar-refractivity contribution < 1.29 is 57.0 Å². The Hall–Kier alpha value is -3.53. The molecule has 13 heteroatoms. The highest BCUT2D eigenvalue weighted by atomic mass is 32.2. The molecule has 0 aliphatic carbocycles. The lowest BCUT2D eigenvalue weighted by molar-refractivity contribution is -0.287. The number of hydrogen-bond donors (Lipinski definition) is 0. The molecule has 332 valence electrons. The Morgan fingerprint density at radius 2 is 1.40 bits per heavy atom. The van der Waals surface area contributed by atoms with Gasteiger partial charge in [-0.15, -0.1) is 0 Å². The molecule has 0 aromatic heterocycles. The summed E-state index contributed by atoms with van der Waals surface area (Å²) >= 11 is 1.32. The number of thioether (sulfide) groups is 1. The van der Waals surface area contributed by atoms with Gasteiger partial charge in [-0.1, -0.05) is 100 Å². The normalized spacial score (nSPS) is 21.1. The van der Waals surface area contributed by atoms with Crippen molar-refractivity contribution in [2.24, 2.45) is 0 Å². The van der Waals surface area contributed by atoms with Crippen LogP contribution in [0, 0.1) is 0 Å². The number of unbranched alkanes of at least 4 members (excludes halogenated alkanes) is 3. The van der Waals surface area contributed by atoms with Gasteiger partial charge in [0.1, 0.15) is 35.6 Å². The van der Waals surface area contributed by atoms with Crippen molar-refractivity contribution in [2.75, 3.05) is 40.6 Å². The van der Waals surface area contributed by atoms with E-state index in [2.05, 4.69) is 20.8 Å². The minimum atomic E-state index is -1.27. The molecule has 60 heavy (non-hydrogen) atoms. The Bertz CT molecular complexity index is 1610. The van der Waals surface area contributed by atoms with Crippen LogP contribution < -0.4 is 4.74 Å². The van der Waals surface area contributed by atoms with E-state index >= 15 is 0 Å². The lowest BCUT2D eigenvalue weighted by atomic mass is 9.98. The third kappa shape index (κ3) is 15.7. The van der Waals surface area contributed by atoms with E-state index in [4.69, 9.17) is 47.4 Å². The number of benzene rings is 3. The predicted octanol–water partition coefficient (Wildman–Crippen LogP) is 8.82. The minimum Gasteiger partial charge on any atom is -0.497 e. The molecule has 1 saturated heterocycles. The third-order valence-corrected chi connectivity index (χ3v) is 11.1. The van der Waals surface area contributed by atoms with E-state index in [0.717, 1.165) is 54.7 Å². The van der Waals surface area contributed by atoms with Crippen molar-refractivity contribution in [3.63, 3.8) is 0 Å². The van der Waals surface area contributed by atoms with E-state index in [9.17, 15) is 9.59 Å². The van der Waals surface area contributed by atoms with Crippen molar-refractivity contribution in [3.8, 4) is 5.75 Å². The Morgan fingerprint density at radius 3 is 2.05 bits per heavy atom. The molecular formula is C47H66O12S. The maximum atomic E-state index is 13.8. The van der Waals surface area contributed by atoms with Gasteiger partial charge in [0.2, 0.25) is 0 Å². The van der Waals surface area contributed by atoms with Gasteiger partial charge in [0.05, 0.1) is 39.1 Å². The zero-order valence-electron chi connectivity index (χ0n) is 36.4. The smallest absolute Gasteiger partial charge is 0.338 e. The second kappa shape index (κ2) is 27.4. The SMILES string of the molecule is CCCCOCC(OC(C)O[C@H]1C(OCCCC)C(OC(=O)c2ccccc2)[C@@H](Sc2ccccc2)O[C@H]1C(=O)OC)[C@@H](OCc1ccc(OC)cc1)C(C)OCCCC. The van der Waals surface area contributed by atoms with Crippen LogP contribution in [0.4, 0.5) is 0 Å². The predicted molar refractivity (Wildman–Crippen MR) is 230 cm³/mol. The van der Waals surface area contributed by atoms with Gasteiger partial charge in [0.15, 0.2) is 18.5 Å². The number of rotatable bonds is 28. The van der Waals surface area contributed by atoms with Crippen LogP contribution in [-0.2, 0) is 54.0 Å². The highest BCUT2D eigenvalue weighted by molar-refractivity contribution is 7.99. The van der Waals surface area contributed by atoms with E-state index in [1.54, 1.807) is 38.3 Å². The number of esters is 2. The fraction of sp³-hybridized carbons (Fsp3) is 0.574. The van der Waals surface area contributed by atoms with E-state index in [1.165, 1.54) is 18.9 Å². The van der Waals surface area contributed by atoms with Crippen LogP contribution in [0.2, 0.25) is 0 Å². The van der Waals surface area contributed by atoms with Gasteiger partial charge < -0.3 is 47.4 Å². The molecule has 3 aromatic carbocycles. The highest BCUT2D eigenvalue weighted by Gasteiger charge is 2.53. The Morgan fingerprint density at radius 1 is 0.750 bits per heavy atom.